The predicted molar refractivity (Wildman–Crippen MR) is 111 cm³/mol. The fraction of sp³-hybridized carbons (Fsp3) is 0.250. The van der Waals surface area contributed by atoms with Gasteiger partial charge in [-0.2, -0.15) is 0 Å². The maximum Gasteiger partial charge on any atom is 0.337 e. The van der Waals surface area contributed by atoms with Crippen LogP contribution >= 0.6 is 11.8 Å². The number of esters is 1. The third kappa shape index (κ3) is 5.20. The SMILES string of the molecule is CCCn1c(SCC(=O)Nc2ccc(C(=O)OC)cc2)nnc1-c1cccnc1. The fourth-order valence-electron chi connectivity index (χ4n) is 2.66. The molecule has 8 nitrogen and oxygen atoms in total. The van der Waals surface area contributed by atoms with Crippen molar-refractivity contribution in [3.05, 3.63) is 54.4 Å². The smallest absolute Gasteiger partial charge is 0.337 e. The van der Waals surface area contributed by atoms with Crippen molar-refractivity contribution in [1.82, 2.24) is 19.7 Å². The molecule has 0 saturated heterocycles. The van der Waals surface area contributed by atoms with Crippen LogP contribution in [0.2, 0.25) is 0 Å². The summed E-state index contributed by atoms with van der Waals surface area (Å²) in [5, 5.41) is 12.0. The summed E-state index contributed by atoms with van der Waals surface area (Å²) >= 11 is 1.32. The van der Waals surface area contributed by atoms with E-state index >= 15 is 0 Å². The molecule has 1 amide bonds. The molecular weight excluding hydrogens is 390 g/mol. The summed E-state index contributed by atoms with van der Waals surface area (Å²) < 4.78 is 6.66. The lowest BCUT2D eigenvalue weighted by Gasteiger charge is -2.09. The fourth-order valence-corrected chi connectivity index (χ4v) is 3.43. The van der Waals surface area contributed by atoms with Crippen LogP contribution < -0.4 is 5.32 Å². The van der Waals surface area contributed by atoms with Crippen LogP contribution in [0.5, 0.6) is 0 Å². The zero-order chi connectivity index (χ0) is 20.6. The molecule has 3 aromatic rings. The van der Waals surface area contributed by atoms with E-state index in [2.05, 4.69) is 32.2 Å². The number of nitrogens with one attached hydrogen (secondary N) is 1. The van der Waals surface area contributed by atoms with E-state index in [0.717, 1.165) is 24.4 Å². The number of hydrogen-bond acceptors (Lipinski definition) is 7. The lowest BCUT2D eigenvalue weighted by atomic mass is 10.2. The number of hydrogen-bond donors (Lipinski definition) is 1. The van der Waals surface area contributed by atoms with Gasteiger partial charge in [0.2, 0.25) is 5.91 Å². The number of aromatic nitrogens is 4. The average molecular weight is 411 g/mol. The van der Waals surface area contributed by atoms with E-state index in [-0.39, 0.29) is 11.7 Å². The number of anilines is 1. The van der Waals surface area contributed by atoms with Crippen molar-refractivity contribution in [2.75, 3.05) is 18.2 Å². The molecule has 9 heteroatoms. The van der Waals surface area contributed by atoms with Crippen molar-refractivity contribution in [1.29, 1.82) is 0 Å². The normalized spacial score (nSPS) is 10.6. The van der Waals surface area contributed by atoms with Crippen molar-refractivity contribution >= 4 is 29.3 Å². The molecule has 0 aliphatic rings. The van der Waals surface area contributed by atoms with Crippen molar-refractivity contribution < 1.29 is 14.3 Å². The second-order valence-corrected chi connectivity index (χ2v) is 7.05. The van der Waals surface area contributed by atoms with Gasteiger partial charge in [-0.25, -0.2) is 4.79 Å². The second kappa shape index (κ2) is 9.83. The molecule has 150 valence electrons. The highest BCUT2D eigenvalue weighted by Crippen LogP contribution is 2.24. The molecule has 0 atom stereocenters. The number of carbonyl (C=O) groups excluding carboxylic acids is 2. The summed E-state index contributed by atoms with van der Waals surface area (Å²) in [6, 6.07) is 10.3. The number of nitrogens with zero attached hydrogens (tertiary/aromatic N) is 4. The van der Waals surface area contributed by atoms with Crippen LogP contribution in [-0.2, 0) is 16.1 Å². The Kier molecular flexibility index (Phi) is 6.96. The Bertz CT molecular complexity index is 974. The van der Waals surface area contributed by atoms with Crippen molar-refractivity contribution in [2.24, 2.45) is 0 Å². The van der Waals surface area contributed by atoms with E-state index < -0.39 is 5.97 Å². The highest BCUT2D eigenvalue weighted by Gasteiger charge is 2.15. The lowest BCUT2D eigenvalue weighted by Crippen LogP contribution is -2.15. The van der Waals surface area contributed by atoms with E-state index in [9.17, 15) is 9.59 Å². The van der Waals surface area contributed by atoms with Gasteiger partial charge in [-0.15, -0.1) is 10.2 Å². The Morgan fingerprint density at radius 3 is 2.62 bits per heavy atom. The Morgan fingerprint density at radius 1 is 1.17 bits per heavy atom. The molecule has 0 spiro atoms. The van der Waals surface area contributed by atoms with E-state index in [1.54, 1.807) is 36.7 Å². The minimum absolute atomic E-state index is 0.171. The quantitative estimate of drug-likeness (QED) is 0.449. The van der Waals surface area contributed by atoms with Crippen LogP contribution in [-0.4, -0.2) is 44.5 Å². The molecule has 0 aliphatic carbocycles. The van der Waals surface area contributed by atoms with Crippen molar-refractivity contribution in [3.8, 4) is 11.4 Å². The van der Waals surface area contributed by atoms with Gasteiger partial charge in [0.05, 0.1) is 18.4 Å². The van der Waals surface area contributed by atoms with Crippen LogP contribution in [0.4, 0.5) is 5.69 Å². The summed E-state index contributed by atoms with van der Waals surface area (Å²) in [7, 11) is 1.33. The lowest BCUT2D eigenvalue weighted by molar-refractivity contribution is -0.113. The van der Waals surface area contributed by atoms with E-state index in [1.807, 2.05) is 16.7 Å². The molecule has 1 aromatic carbocycles. The van der Waals surface area contributed by atoms with Gasteiger partial charge >= 0.3 is 5.97 Å². The molecular formula is C20H21N5O3S. The van der Waals surface area contributed by atoms with Gasteiger partial charge in [0.15, 0.2) is 11.0 Å². The molecule has 0 saturated carbocycles. The first-order valence-corrected chi connectivity index (χ1v) is 10.1. The summed E-state index contributed by atoms with van der Waals surface area (Å²) in [4.78, 5) is 27.9. The Morgan fingerprint density at radius 2 is 1.97 bits per heavy atom. The summed E-state index contributed by atoms with van der Waals surface area (Å²) in [6.07, 6.45) is 4.37. The van der Waals surface area contributed by atoms with Gasteiger partial charge in [-0.1, -0.05) is 18.7 Å². The largest absolute Gasteiger partial charge is 0.465 e. The minimum atomic E-state index is -0.418. The second-order valence-electron chi connectivity index (χ2n) is 6.11. The standard InChI is InChI=1S/C20H21N5O3S/c1-3-11-25-18(15-5-4-10-21-12-15)23-24-20(25)29-13-17(26)22-16-8-6-14(7-9-16)19(27)28-2/h4-10,12H,3,11,13H2,1-2H3,(H,22,26). The summed E-state index contributed by atoms with van der Waals surface area (Å²) in [5.74, 6) is 0.336. The van der Waals surface area contributed by atoms with Gasteiger partial charge in [0.25, 0.3) is 0 Å². The molecule has 0 fully saturated rings. The van der Waals surface area contributed by atoms with Gasteiger partial charge in [-0.3, -0.25) is 9.78 Å². The Hall–Kier alpha value is -3.20. The number of thioether (sulfide) groups is 1. The maximum absolute atomic E-state index is 12.3. The average Bonchev–Trinajstić information content (AvgIpc) is 3.16. The van der Waals surface area contributed by atoms with Crippen molar-refractivity contribution in [2.45, 2.75) is 25.0 Å². The monoisotopic (exact) mass is 411 g/mol. The first-order chi connectivity index (χ1) is 14.1. The molecule has 2 aromatic heterocycles. The van der Waals surface area contributed by atoms with Gasteiger partial charge in [0, 0.05) is 30.2 Å². The van der Waals surface area contributed by atoms with Crippen molar-refractivity contribution in [3.63, 3.8) is 0 Å². The van der Waals surface area contributed by atoms with Crippen LogP contribution in [0.3, 0.4) is 0 Å². The zero-order valence-corrected chi connectivity index (χ0v) is 17.0. The Balaban J connectivity index is 1.64. The molecule has 1 N–H and O–H groups in total. The third-order valence-corrected chi connectivity index (χ3v) is 4.97. The maximum atomic E-state index is 12.3. The summed E-state index contributed by atoms with van der Waals surface area (Å²) in [5.41, 5.74) is 1.92. The molecule has 0 unspecified atom stereocenters. The van der Waals surface area contributed by atoms with Gasteiger partial charge in [0.1, 0.15) is 0 Å². The van der Waals surface area contributed by atoms with E-state index in [1.165, 1.54) is 18.9 Å². The minimum Gasteiger partial charge on any atom is -0.465 e. The summed E-state index contributed by atoms with van der Waals surface area (Å²) in [6.45, 7) is 2.82. The van der Waals surface area contributed by atoms with Crippen LogP contribution in [0.25, 0.3) is 11.4 Å². The molecule has 0 aliphatic heterocycles. The molecule has 0 bridgehead atoms. The van der Waals surface area contributed by atoms with Crippen LogP contribution in [0.15, 0.2) is 53.9 Å². The van der Waals surface area contributed by atoms with Gasteiger partial charge < -0.3 is 14.6 Å². The number of carbonyl (C=O) groups is 2. The molecule has 29 heavy (non-hydrogen) atoms. The first-order valence-electron chi connectivity index (χ1n) is 9.07. The Labute approximate surface area is 172 Å². The third-order valence-electron chi connectivity index (χ3n) is 4.01. The number of pyridine rings is 1. The highest BCUT2D eigenvalue weighted by molar-refractivity contribution is 7.99. The molecule has 2 heterocycles. The topological polar surface area (TPSA) is 99.0 Å². The number of ether oxygens (including phenoxy) is 1. The van der Waals surface area contributed by atoms with Crippen LogP contribution in [0.1, 0.15) is 23.7 Å². The van der Waals surface area contributed by atoms with E-state index in [4.69, 9.17) is 0 Å². The van der Waals surface area contributed by atoms with Gasteiger partial charge in [-0.05, 0) is 42.8 Å². The van der Waals surface area contributed by atoms with Crippen LogP contribution in [0, 0.1) is 0 Å². The molecule has 3 rings (SSSR count). The highest BCUT2D eigenvalue weighted by atomic mass is 32.2. The van der Waals surface area contributed by atoms with E-state index in [0.29, 0.717) is 16.4 Å². The number of methoxy groups -OCH3 is 1. The first kappa shape index (κ1) is 20.5. The molecule has 0 radical (unpaired) electrons. The number of rotatable bonds is 8. The number of amides is 1. The predicted octanol–water partition coefficient (Wildman–Crippen LogP) is 3.27. The zero-order valence-electron chi connectivity index (χ0n) is 16.2. The number of benzene rings is 1.